The van der Waals surface area contributed by atoms with Crippen LogP contribution in [0.2, 0.25) is 5.02 Å². The SMILES string of the molecule is O=C(Cc1ccccc1Cl)N1CCN(CC2CCCNC2)CC1. The van der Waals surface area contributed by atoms with E-state index in [1.165, 1.54) is 25.9 Å². The van der Waals surface area contributed by atoms with Crippen LogP contribution in [0, 0.1) is 5.92 Å². The standard InChI is InChI=1S/C18H26ClN3O/c19-17-6-2-1-5-16(17)12-18(23)22-10-8-21(9-11-22)14-15-4-3-7-20-13-15/h1-2,5-6,15,20H,3-4,7-14H2. The lowest BCUT2D eigenvalue weighted by atomic mass is 9.99. The van der Waals surface area contributed by atoms with Gasteiger partial charge in [-0.05, 0) is 43.5 Å². The van der Waals surface area contributed by atoms with Crippen molar-refractivity contribution in [2.45, 2.75) is 19.3 Å². The molecule has 2 saturated heterocycles. The molecule has 0 bridgehead atoms. The molecule has 0 radical (unpaired) electrons. The summed E-state index contributed by atoms with van der Waals surface area (Å²) in [5.74, 6) is 0.964. The fraction of sp³-hybridized carbons (Fsp3) is 0.611. The second-order valence-corrected chi connectivity index (χ2v) is 7.07. The number of piperidine rings is 1. The first kappa shape index (κ1) is 16.7. The lowest BCUT2D eigenvalue weighted by Gasteiger charge is -2.37. The average molecular weight is 336 g/mol. The molecule has 0 aromatic heterocycles. The van der Waals surface area contributed by atoms with Crippen molar-refractivity contribution in [2.24, 2.45) is 5.92 Å². The van der Waals surface area contributed by atoms with E-state index in [4.69, 9.17) is 11.6 Å². The molecule has 2 fully saturated rings. The number of nitrogens with zero attached hydrogens (tertiary/aromatic N) is 2. The molecule has 23 heavy (non-hydrogen) atoms. The van der Waals surface area contributed by atoms with Crippen molar-refractivity contribution >= 4 is 17.5 Å². The van der Waals surface area contributed by atoms with Crippen LogP contribution >= 0.6 is 11.6 Å². The van der Waals surface area contributed by atoms with Gasteiger partial charge in [-0.25, -0.2) is 0 Å². The third kappa shape index (κ3) is 4.69. The van der Waals surface area contributed by atoms with Gasteiger partial charge in [0, 0.05) is 37.7 Å². The van der Waals surface area contributed by atoms with Crippen LogP contribution < -0.4 is 5.32 Å². The summed E-state index contributed by atoms with van der Waals surface area (Å²) in [6.45, 7) is 7.13. The number of hydrogen-bond acceptors (Lipinski definition) is 3. The zero-order chi connectivity index (χ0) is 16.1. The minimum Gasteiger partial charge on any atom is -0.340 e. The van der Waals surface area contributed by atoms with Gasteiger partial charge in [0.05, 0.1) is 6.42 Å². The number of halogens is 1. The van der Waals surface area contributed by atoms with Gasteiger partial charge in [0.2, 0.25) is 5.91 Å². The summed E-state index contributed by atoms with van der Waals surface area (Å²) in [5.41, 5.74) is 0.926. The van der Waals surface area contributed by atoms with Crippen molar-refractivity contribution in [3.63, 3.8) is 0 Å². The minimum absolute atomic E-state index is 0.192. The van der Waals surface area contributed by atoms with Crippen molar-refractivity contribution in [3.8, 4) is 0 Å². The molecule has 2 aliphatic rings. The first-order valence-electron chi connectivity index (χ1n) is 8.66. The zero-order valence-electron chi connectivity index (χ0n) is 13.6. The largest absolute Gasteiger partial charge is 0.340 e. The van der Waals surface area contributed by atoms with Gasteiger partial charge < -0.3 is 10.2 Å². The molecular formula is C18H26ClN3O. The number of amides is 1. The van der Waals surface area contributed by atoms with Gasteiger partial charge in [0.25, 0.3) is 0 Å². The second kappa shape index (κ2) is 8.13. The van der Waals surface area contributed by atoms with E-state index in [-0.39, 0.29) is 5.91 Å². The molecule has 3 rings (SSSR count). The summed E-state index contributed by atoms with van der Waals surface area (Å²) >= 11 is 6.15. The Morgan fingerprint density at radius 3 is 2.70 bits per heavy atom. The molecule has 1 atom stereocenters. The van der Waals surface area contributed by atoms with Crippen LogP contribution in [0.5, 0.6) is 0 Å². The summed E-state index contributed by atoms with van der Waals surface area (Å²) in [7, 11) is 0. The molecule has 2 heterocycles. The van der Waals surface area contributed by atoms with Crippen molar-refractivity contribution in [1.29, 1.82) is 0 Å². The average Bonchev–Trinajstić information content (AvgIpc) is 2.58. The smallest absolute Gasteiger partial charge is 0.227 e. The van der Waals surface area contributed by atoms with Crippen LogP contribution in [0.1, 0.15) is 18.4 Å². The molecule has 1 aromatic rings. The van der Waals surface area contributed by atoms with Crippen LogP contribution in [0.25, 0.3) is 0 Å². The van der Waals surface area contributed by atoms with Gasteiger partial charge in [0.15, 0.2) is 0 Å². The molecule has 1 aromatic carbocycles. The predicted octanol–water partition coefficient (Wildman–Crippen LogP) is 2.03. The van der Waals surface area contributed by atoms with Crippen molar-refractivity contribution < 1.29 is 4.79 Å². The van der Waals surface area contributed by atoms with E-state index in [0.717, 1.165) is 44.2 Å². The number of rotatable bonds is 4. The van der Waals surface area contributed by atoms with E-state index in [9.17, 15) is 4.79 Å². The monoisotopic (exact) mass is 335 g/mol. The van der Waals surface area contributed by atoms with Gasteiger partial charge in [-0.1, -0.05) is 29.8 Å². The first-order valence-corrected chi connectivity index (χ1v) is 9.04. The van der Waals surface area contributed by atoms with E-state index in [0.29, 0.717) is 11.4 Å². The third-order valence-corrected chi connectivity index (χ3v) is 5.31. The summed E-state index contributed by atoms with van der Waals surface area (Å²) in [6, 6.07) is 7.62. The number of piperazine rings is 1. The van der Waals surface area contributed by atoms with E-state index in [1.54, 1.807) is 0 Å². The minimum atomic E-state index is 0.192. The van der Waals surface area contributed by atoms with Crippen LogP contribution in [0.3, 0.4) is 0 Å². The first-order chi connectivity index (χ1) is 11.2. The Bertz CT molecular complexity index is 523. The molecule has 0 spiro atoms. The second-order valence-electron chi connectivity index (χ2n) is 6.66. The number of carbonyl (C=O) groups is 1. The normalized spacial score (nSPS) is 23.0. The quantitative estimate of drug-likeness (QED) is 0.914. The maximum Gasteiger partial charge on any atom is 0.227 e. The van der Waals surface area contributed by atoms with Gasteiger partial charge in [-0.2, -0.15) is 0 Å². The lowest BCUT2D eigenvalue weighted by molar-refractivity contribution is -0.132. The van der Waals surface area contributed by atoms with E-state index in [2.05, 4.69) is 10.2 Å². The molecule has 0 saturated carbocycles. The third-order valence-electron chi connectivity index (χ3n) is 4.94. The highest BCUT2D eigenvalue weighted by Crippen LogP contribution is 2.17. The molecule has 126 valence electrons. The van der Waals surface area contributed by atoms with E-state index >= 15 is 0 Å². The fourth-order valence-electron chi connectivity index (χ4n) is 3.54. The molecule has 4 nitrogen and oxygen atoms in total. The van der Waals surface area contributed by atoms with Gasteiger partial charge >= 0.3 is 0 Å². The summed E-state index contributed by atoms with van der Waals surface area (Å²) < 4.78 is 0. The highest BCUT2D eigenvalue weighted by atomic mass is 35.5. The van der Waals surface area contributed by atoms with Crippen molar-refractivity contribution in [3.05, 3.63) is 34.9 Å². The summed E-state index contributed by atoms with van der Waals surface area (Å²) in [5, 5.41) is 4.16. The maximum atomic E-state index is 12.5. The predicted molar refractivity (Wildman–Crippen MR) is 93.8 cm³/mol. The zero-order valence-corrected chi connectivity index (χ0v) is 14.4. The molecule has 0 aliphatic carbocycles. The van der Waals surface area contributed by atoms with Gasteiger partial charge in [0.1, 0.15) is 0 Å². The van der Waals surface area contributed by atoms with Gasteiger partial charge in [-0.15, -0.1) is 0 Å². The molecule has 1 N–H and O–H groups in total. The van der Waals surface area contributed by atoms with E-state index < -0.39 is 0 Å². The van der Waals surface area contributed by atoms with Crippen molar-refractivity contribution in [1.82, 2.24) is 15.1 Å². The molecular weight excluding hydrogens is 310 g/mol. The topological polar surface area (TPSA) is 35.6 Å². The van der Waals surface area contributed by atoms with Crippen LogP contribution in [0.15, 0.2) is 24.3 Å². The highest BCUT2D eigenvalue weighted by Gasteiger charge is 2.24. The van der Waals surface area contributed by atoms with Crippen LogP contribution in [-0.4, -0.2) is 61.5 Å². The molecule has 2 aliphatic heterocycles. The lowest BCUT2D eigenvalue weighted by Crippen LogP contribution is -2.51. The summed E-state index contributed by atoms with van der Waals surface area (Å²) in [4.78, 5) is 17.0. The Labute approximate surface area is 143 Å². The Kier molecular flexibility index (Phi) is 5.92. The van der Waals surface area contributed by atoms with Crippen LogP contribution in [0.4, 0.5) is 0 Å². The number of carbonyl (C=O) groups excluding carboxylic acids is 1. The number of benzene rings is 1. The van der Waals surface area contributed by atoms with E-state index in [1.807, 2.05) is 29.2 Å². The number of nitrogens with one attached hydrogen (secondary N) is 1. The van der Waals surface area contributed by atoms with Crippen molar-refractivity contribution in [2.75, 3.05) is 45.8 Å². The number of hydrogen-bond donors (Lipinski definition) is 1. The van der Waals surface area contributed by atoms with Crippen LogP contribution in [-0.2, 0) is 11.2 Å². The molecule has 1 amide bonds. The Balaban J connectivity index is 1.45. The molecule has 5 heteroatoms. The van der Waals surface area contributed by atoms with Gasteiger partial charge in [-0.3, -0.25) is 9.69 Å². The maximum absolute atomic E-state index is 12.5. The summed E-state index contributed by atoms with van der Waals surface area (Å²) in [6.07, 6.45) is 3.03. The Hall–Kier alpha value is -1.10. The highest BCUT2D eigenvalue weighted by molar-refractivity contribution is 6.31. The molecule has 1 unspecified atom stereocenters. The Morgan fingerprint density at radius 1 is 1.22 bits per heavy atom. The Morgan fingerprint density at radius 2 is 2.00 bits per heavy atom. The fourth-order valence-corrected chi connectivity index (χ4v) is 3.74.